The highest BCUT2D eigenvalue weighted by Crippen LogP contribution is 2.34. The highest BCUT2D eigenvalue weighted by molar-refractivity contribution is 14.0. The lowest BCUT2D eigenvalue weighted by atomic mass is 10.2. The van der Waals surface area contributed by atoms with E-state index in [-0.39, 0.29) is 24.0 Å². The molecule has 16 heavy (non-hydrogen) atoms. The molecule has 0 amide bonds. The number of halogens is 1. The lowest BCUT2D eigenvalue weighted by Gasteiger charge is -2.10. The van der Waals surface area contributed by atoms with Crippen LogP contribution >= 0.6 is 24.0 Å². The molecule has 0 aromatic carbocycles. The van der Waals surface area contributed by atoms with Crippen LogP contribution in [0, 0.1) is 5.92 Å². The molecule has 0 heterocycles. The van der Waals surface area contributed by atoms with E-state index in [1.165, 1.54) is 19.3 Å². The van der Waals surface area contributed by atoms with Crippen molar-refractivity contribution in [3.63, 3.8) is 0 Å². The zero-order valence-electron chi connectivity index (χ0n) is 10.8. The summed E-state index contributed by atoms with van der Waals surface area (Å²) in [6.07, 6.45) is 5.08. The molecule has 96 valence electrons. The van der Waals surface area contributed by atoms with Gasteiger partial charge in [-0.05, 0) is 32.1 Å². The molecule has 1 aliphatic rings. The molecule has 2 unspecified atom stereocenters. The molecule has 0 aliphatic heterocycles. The third-order valence-corrected chi connectivity index (χ3v) is 2.74. The lowest BCUT2D eigenvalue weighted by Crippen LogP contribution is -2.39. The van der Waals surface area contributed by atoms with Crippen molar-refractivity contribution in [1.29, 1.82) is 0 Å². The van der Waals surface area contributed by atoms with Crippen molar-refractivity contribution in [2.45, 2.75) is 52.5 Å². The van der Waals surface area contributed by atoms with Gasteiger partial charge in [0.15, 0.2) is 5.96 Å². The van der Waals surface area contributed by atoms with Gasteiger partial charge < -0.3 is 10.6 Å². The van der Waals surface area contributed by atoms with Crippen LogP contribution in [0.15, 0.2) is 4.99 Å². The first kappa shape index (κ1) is 16.0. The van der Waals surface area contributed by atoms with Crippen LogP contribution in [-0.2, 0) is 0 Å². The Labute approximate surface area is 117 Å². The van der Waals surface area contributed by atoms with Crippen LogP contribution in [0.3, 0.4) is 0 Å². The third-order valence-electron chi connectivity index (χ3n) is 2.74. The summed E-state index contributed by atoms with van der Waals surface area (Å²) in [7, 11) is 0. The minimum atomic E-state index is 0. The Kier molecular flexibility index (Phi) is 9.07. The number of rotatable bonds is 6. The molecule has 4 heteroatoms. The van der Waals surface area contributed by atoms with Gasteiger partial charge in [0.05, 0.1) is 0 Å². The molecule has 1 fully saturated rings. The van der Waals surface area contributed by atoms with Gasteiger partial charge in [-0.3, -0.25) is 4.99 Å². The zero-order valence-corrected chi connectivity index (χ0v) is 13.1. The van der Waals surface area contributed by atoms with E-state index in [1.807, 2.05) is 0 Å². The maximum absolute atomic E-state index is 4.50. The lowest BCUT2D eigenvalue weighted by molar-refractivity contribution is 0.655. The molecule has 1 aliphatic carbocycles. The van der Waals surface area contributed by atoms with Crippen LogP contribution in [-0.4, -0.2) is 25.1 Å². The number of guanidine groups is 1. The Balaban J connectivity index is 0.00000225. The molecule has 2 N–H and O–H groups in total. The number of hydrogen-bond acceptors (Lipinski definition) is 1. The van der Waals surface area contributed by atoms with Gasteiger partial charge in [-0.25, -0.2) is 0 Å². The quantitative estimate of drug-likeness (QED) is 0.444. The van der Waals surface area contributed by atoms with Crippen LogP contribution in [0.1, 0.15) is 46.5 Å². The van der Waals surface area contributed by atoms with E-state index in [0.717, 1.165) is 31.4 Å². The third kappa shape index (κ3) is 5.92. The standard InChI is InChI=1S/C12H25N3.HI/c1-4-7-10-9-11(10)15-12(13-6-3)14-8-5-2;/h10-11H,4-9H2,1-3H3,(H2,13,14,15);1H. The molecular formula is C12H26IN3. The Hall–Kier alpha value is 0. The fraction of sp³-hybridized carbons (Fsp3) is 0.917. The second-order valence-electron chi connectivity index (χ2n) is 4.30. The molecular weight excluding hydrogens is 313 g/mol. The first-order valence-electron chi connectivity index (χ1n) is 6.36. The maximum Gasteiger partial charge on any atom is 0.191 e. The second-order valence-corrected chi connectivity index (χ2v) is 4.30. The van der Waals surface area contributed by atoms with E-state index in [4.69, 9.17) is 0 Å². The summed E-state index contributed by atoms with van der Waals surface area (Å²) in [5.74, 6) is 1.89. The van der Waals surface area contributed by atoms with Gasteiger partial charge in [0.25, 0.3) is 0 Å². The van der Waals surface area contributed by atoms with Gasteiger partial charge in [0.1, 0.15) is 0 Å². The van der Waals surface area contributed by atoms with Gasteiger partial charge in [-0.2, -0.15) is 0 Å². The molecule has 1 rings (SSSR count). The molecule has 0 aromatic heterocycles. The zero-order chi connectivity index (χ0) is 11.1. The predicted octanol–water partition coefficient (Wildman–Crippen LogP) is 2.76. The number of nitrogens with zero attached hydrogens (tertiary/aromatic N) is 1. The predicted molar refractivity (Wildman–Crippen MR) is 81.6 cm³/mol. The molecule has 0 aromatic rings. The Morgan fingerprint density at radius 2 is 2.00 bits per heavy atom. The van der Waals surface area contributed by atoms with E-state index in [2.05, 4.69) is 36.4 Å². The van der Waals surface area contributed by atoms with Crippen LogP contribution < -0.4 is 10.6 Å². The van der Waals surface area contributed by atoms with Crippen molar-refractivity contribution in [2.24, 2.45) is 10.9 Å². The largest absolute Gasteiger partial charge is 0.357 e. The van der Waals surface area contributed by atoms with Gasteiger partial charge in [0, 0.05) is 19.1 Å². The van der Waals surface area contributed by atoms with Gasteiger partial charge >= 0.3 is 0 Å². The Bertz CT molecular complexity index is 206. The number of nitrogens with one attached hydrogen (secondary N) is 2. The summed E-state index contributed by atoms with van der Waals surface area (Å²) in [6, 6.07) is 0.680. The van der Waals surface area contributed by atoms with Crippen LogP contribution in [0.25, 0.3) is 0 Å². The second kappa shape index (κ2) is 9.07. The molecule has 1 saturated carbocycles. The number of hydrogen-bond donors (Lipinski definition) is 2. The van der Waals surface area contributed by atoms with E-state index in [0.29, 0.717) is 6.04 Å². The molecule has 3 nitrogen and oxygen atoms in total. The SMILES string of the molecule is CCCN=C(NCC)NC1CC1CCC.I. The van der Waals surface area contributed by atoms with Gasteiger partial charge in [0.2, 0.25) is 0 Å². The van der Waals surface area contributed by atoms with E-state index in [9.17, 15) is 0 Å². The first-order chi connectivity index (χ1) is 7.31. The van der Waals surface area contributed by atoms with Crippen molar-refractivity contribution in [1.82, 2.24) is 10.6 Å². The Morgan fingerprint density at radius 3 is 2.56 bits per heavy atom. The van der Waals surface area contributed by atoms with Crippen molar-refractivity contribution in [3.8, 4) is 0 Å². The summed E-state index contributed by atoms with van der Waals surface area (Å²) in [4.78, 5) is 4.50. The minimum absolute atomic E-state index is 0. The highest BCUT2D eigenvalue weighted by atomic mass is 127. The maximum atomic E-state index is 4.50. The molecule has 0 spiro atoms. The monoisotopic (exact) mass is 339 g/mol. The molecule has 0 saturated heterocycles. The van der Waals surface area contributed by atoms with E-state index < -0.39 is 0 Å². The molecule has 0 radical (unpaired) electrons. The van der Waals surface area contributed by atoms with Crippen molar-refractivity contribution in [3.05, 3.63) is 0 Å². The van der Waals surface area contributed by atoms with Crippen molar-refractivity contribution >= 4 is 29.9 Å². The van der Waals surface area contributed by atoms with Crippen LogP contribution in [0.2, 0.25) is 0 Å². The molecule has 0 bridgehead atoms. The Morgan fingerprint density at radius 1 is 1.25 bits per heavy atom. The first-order valence-corrected chi connectivity index (χ1v) is 6.36. The van der Waals surface area contributed by atoms with Gasteiger partial charge in [-0.15, -0.1) is 24.0 Å². The summed E-state index contributed by atoms with van der Waals surface area (Å²) in [6.45, 7) is 8.39. The summed E-state index contributed by atoms with van der Waals surface area (Å²) < 4.78 is 0. The van der Waals surface area contributed by atoms with E-state index >= 15 is 0 Å². The average Bonchev–Trinajstić information content (AvgIpc) is 2.94. The molecule has 2 atom stereocenters. The normalized spacial score (nSPS) is 23.6. The summed E-state index contributed by atoms with van der Waals surface area (Å²) in [5.41, 5.74) is 0. The fourth-order valence-electron chi connectivity index (χ4n) is 1.83. The van der Waals surface area contributed by atoms with Gasteiger partial charge in [-0.1, -0.05) is 20.3 Å². The number of aliphatic imine (C=N–C) groups is 1. The summed E-state index contributed by atoms with van der Waals surface area (Å²) in [5, 5.41) is 6.79. The van der Waals surface area contributed by atoms with E-state index in [1.54, 1.807) is 0 Å². The van der Waals surface area contributed by atoms with Crippen LogP contribution in [0.5, 0.6) is 0 Å². The average molecular weight is 339 g/mol. The van der Waals surface area contributed by atoms with Crippen LogP contribution in [0.4, 0.5) is 0 Å². The topological polar surface area (TPSA) is 36.4 Å². The fourth-order valence-corrected chi connectivity index (χ4v) is 1.83. The smallest absolute Gasteiger partial charge is 0.191 e. The summed E-state index contributed by atoms with van der Waals surface area (Å²) >= 11 is 0. The minimum Gasteiger partial charge on any atom is -0.357 e. The van der Waals surface area contributed by atoms with Crippen molar-refractivity contribution in [2.75, 3.05) is 13.1 Å². The van der Waals surface area contributed by atoms with Crippen molar-refractivity contribution < 1.29 is 0 Å². The highest BCUT2D eigenvalue weighted by Gasteiger charge is 2.36.